The molecule has 1 saturated carbocycles. The van der Waals surface area contributed by atoms with Gasteiger partial charge in [0.1, 0.15) is 5.54 Å². The van der Waals surface area contributed by atoms with Crippen LogP contribution in [0.4, 0.5) is 4.79 Å². The first kappa shape index (κ1) is 21.5. The Morgan fingerprint density at radius 3 is 2.56 bits per heavy atom. The molecule has 27 heavy (non-hydrogen) atoms. The molecule has 1 aromatic rings. The van der Waals surface area contributed by atoms with E-state index in [9.17, 15) is 9.59 Å². The lowest BCUT2D eigenvalue weighted by Gasteiger charge is -2.33. The largest absolute Gasteiger partial charge is 0.340 e. The second kappa shape index (κ2) is 9.95. The molecule has 0 aromatic heterocycles. The van der Waals surface area contributed by atoms with Gasteiger partial charge in [-0.3, -0.25) is 4.79 Å². The van der Waals surface area contributed by atoms with Crippen LogP contribution in [0.25, 0.3) is 0 Å². The molecule has 1 aromatic carbocycles. The van der Waals surface area contributed by atoms with Crippen LogP contribution in [0.1, 0.15) is 37.7 Å². The zero-order valence-electron chi connectivity index (χ0n) is 16.0. The van der Waals surface area contributed by atoms with Gasteiger partial charge in [-0.15, -0.1) is 12.4 Å². The molecule has 7 heteroatoms. The van der Waals surface area contributed by atoms with Crippen LogP contribution in [-0.2, 0) is 11.3 Å². The summed E-state index contributed by atoms with van der Waals surface area (Å²) in [6.45, 7) is 2.97. The van der Waals surface area contributed by atoms with Gasteiger partial charge < -0.3 is 20.9 Å². The van der Waals surface area contributed by atoms with Crippen molar-refractivity contribution < 1.29 is 9.59 Å². The highest BCUT2D eigenvalue weighted by atomic mass is 35.5. The monoisotopic (exact) mass is 394 g/mol. The highest BCUT2D eigenvalue weighted by molar-refractivity contribution is 5.91. The summed E-state index contributed by atoms with van der Waals surface area (Å²) in [4.78, 5) is 27.6. The molecule has 0 radical (unpaired) electrons. The molecule has 2 fully saturated rings. The van der Waals surface area contributed by atoms with Gasteiger partial charge in [0.25, 0.3) is 0 Å². The smallest absolute Gasteiger partial charge is 0.315 e. The van der Waals surface area contributed by atoms with Crippen molar-refractivity contribution in [3.63, 3.8) is 0 Å². The van der Waals surface area contributed by atoms with Gasteiger partial charge >= 0.3 is 6.03 Å². The lowest BCUT2D eigenvalue weighted by molar-refractivity contribution is -0.136. The van der Waals surface area contributed by atoms with Crippen molar-refractivity contribution in [2.75, 3.05) is 26.7 Å². The quantitative estimate of drug-likeness (QED) is 0.693. The third-order valence-corrected chi connectivity index (χ3v) is 5.58. The summed E-state index contributed by atoms with van der Waals surface area (Å²) in [5.41, 5.74) is 0.318. The Hall–Kier alpha value is -1.79. The van der Waals surface area contributed by atoms with Gasteiger partial charge in [0.05, 0.1) is 0 Å². The van der Waals surface area contributed by atoms with Gasteiger partial charge in [0.15, 0.2) is 0 Å². The van der Waals surface area contributed by atoms with Gasteiger partial charge in [-0.05, 0) is 44.3 Å². The minimum atomic E-state index is -0.727. The summed E-state index contributed by atoms with van der Waals surface area (Å²) in [5, 5.41) is 9.12. The van der Waals surface area contributed by atoms with Crippen LogP contribution in [-0.4, -0.2) is 49.1 Å². The number of nitrogens with zero attached hydrogens (tertiary/aromatic N) is 1. The maximum atomic E-state index is 13.2. The second-order valence-electron chi connectivity index (χ2n) is 7.55. The molecule has 0 bridgehead atoms. The average Bonchev–Trinajstić information content (AvgIpc) is 3.31. The number of carbonyl (C=O) groups excluding carboxylic acids is 2. The molecule has 1 heterocycles. The summed E-state index contributed by atoms with van der Waals surface area (Å²) >= 11 is 0. The number of carbonyl (C=O) groups is 2. The number of likely N-dealkylation sites (tertiary alicyclic amines) is 1. The van der Waals surface area contributed by atoms with Gasteiger partial charge in [-0.1, -0.05) is 43.2 Å². The maximum Gasteiger partial charge on any atom is 0.315 e. The summed E-state index contributed by atoms with van der Waals surface area (Å²) in [6, 6.07) is 9.55. The number of nitrogens with one attached hydrogen (secondary N) is 3. The van der Waals surface area contributed by atoms with Crippen molar-refractivity contribution in [3.8, 4) is 0 Å². The van der Waals surface area contributed by atoms with Crippen LogP contribution in [0.15, 0.2) is 30.3 Å². The Bertz CT molecular complexity index is 620. The lowest BCUT2D eigenvalue weighted by atomic mass is 9.95. The molecular formula is C20H31ClN4O2. The van der Waals surface area contributed by atoms with Crippen LogP contribution >= 0.6 is 12.4 Å². The van der Waals surface area contributed by atoms with Crippen molar-refractivity contribution in [2.24, 2.45) is 5.92 Å². The van der Waals surface area contributed by atoms with E-state index in [0.29, 0.717) is 12.5 Å². The molecule has 6 nitrogen and oxygen atoms in total. The number of rotatable bonds is 6. The molecule has 1 atom stereocenters. The fraction of sp³-hybridized carbons (Fsp3) is 0.600. The van der Waals surface area contributed by atoms with Crippen LogP contribution in [0.5, 0.6) is 0 Å². The molecule has 0 spiro atoms. The number of hydrogen-bond donors (Lipinski definition) is 3. The van der Waals surface area contributed by atoms with Crippen molar-refractivity contribution in [3.05, 3.63) is 35.9 Å². The van der Waals surface area contributed by atoms with Crippen LogP contribution in [0.3, 0.4) is 0 Å². The highest BCUT2D eigenvalue weighted by Crippen LogP contribution is 2.33. The van der Waals surface area contributed by atoms with E-state index in [0.717, 1.165) is 57.3 Å². The summed E-state index contributed by atoms with van der Waals surface area (Å²) in [7, 11) is 1.95. The molecule has 1 aliphatic carbocycles. The van der Waals surface area contributed by atoms with Crippen LogP contribution in [0.2, 0.25) is 0 Å². The number of benzene rings is 1. The molecule has 1 aliphatic heterocycles. The molecule has 150 valence electrons. The highest BCUT2D eigenvalue weighted by Gasteiger charge is 2.46. The maximum absolute atomic E-state index is 13.2. The van der Waals surface area contributed by atoms with Crippen molar-refractivity contribution >= 4 is 24.3 Å². The van der Waals surface area contributed by atoms with Crippen molar-refractivity contribution in [1.29, 1.82) is 0 Å². The normalized spacial score (nSPS) is 20.8. The minimum Gasteiger partial charge on any atom is -0.340 e. The van der Waals surface area contributed by atoms with Crippen molar-refractivity contribution in [2.45, 2.75) is 44.2 Å². The van der Waals surface area contributed by atoms with E-state index in [-0.39, 0.29) is 24.3 Å². The van der Waals surface area contributed by atoms with E-state index in [2.05, 4.69) is 16.0 Å². The van der Waals surface area contributed by atoms with Crippen LogP contribution < -0.4 is 16.0 Å². The first-order valence-electron chi connectivity index (χ1n) is 9.67. The topological polar surface area (TPSA) is 73.5 Å². The molecule has 3 amide bonds. The predicted octanol–water partition coefficient (Wildman–Crippen LogP) is 2.29. The summed E-state index contributed by atoms with van der Waals surface area (Å²) in [5.74, 6) is 0.609. The minimum absolute atomic E-state index is 0. The Morgan fingerprint density at radius 2 is 1.89 bits per heavy atom. The average molecular weight is 395 g/mol. The third kappa shape index (κ3) is 5.36. The molecule has 3 rings (SSSR count). The van der Waals surface area contributed by atoms with E-state index < -0.39 is 5.54 Å². The summed E-state index contributed by atoms with van der Waals surface area (Å²) in [6.07, 6.45) is 4.47. The van der Waals surface area contributed by atoms with E-state index in [1.807, 2.05) is 42.3 Å². The van der Waals surface area contributed by atoms with Crippen LogP contribution in [0, 0.1) is 5.92 Å². The molecule has 1 unspecified atom stereocenters. The van der Waals surface area contributed by atoms with Gasteiger partial charge in [-0.25, -0.2) is 4.79 Å². The molecule has 3 N–H and O–H groups in total. The predicted molar refractivity (Wildman–Crippen MR) is 109 cm³/mol. The van der Waals surface area contributed by atoms with E-state index in [1.54, 1.807) is 0 Å². The molecule has 1 saturated heterocycles. The first-order valence-corrected chi connectivity index (χ1v) is 9.67. The standard InChI is InChI=1S/C20H30N4O2.ClH/c1-21-13-17-9-12-24(15-17)18(25)20(10-5-6-11-20)23-19(26)22-14-16-7-3-2-4-8-16;/h2-4,7-8,17,21H,5-6,9-15H2,1H3,(H2,22,23,26);1H. The zero-order chi connectivity index (χ0) is 18.4. The fourth-order valence-electron chi connectivity index (χ4n) is 4.19. The Morgan fingerprint density at radius 1 is 1.19 bits per heavy atom. The van der Waals surface area contributed by atoms with Gasteiger partial charge in [0.2, 0.25) is 5.91 Å². The second-order valence-corrected chi connectivity index (χ2v) is 7.55. The van der Waals surface area contributed by atoms with Gasteiger partial charge in [0, 0.05) is 19.6 Å². The number of urea groups is 1. The lowest BCUT2D eigenvalue weighted by Crippen LogP contribution is -2.59. The van der Waals surface area contributed by atoms with E-state index in [4.69, 9.17) is 0 Å². The Balaban J connectivity index is 0.00000261. The fourth-order valence-corrected chi connectivity index (χ4v) is 4.19. The number of halogens is 1. The van der Waals surface area contributed by atoms with Crippen molar-refractivity contribution in [1.82, 2.24) is 20.9 Å². The molecular weight excluding hydrogens is 364 g/mol. The SMILES string of the molecule is CNCC1CCN(C(=O)C2(NC(=O)NCc3ccccc3)CCCC2)C1.Cl. The summed E-state index contributed by atoms with van der Waals surface area (Å²) < 4.78 is 0. The number of amides is 3. The third-order valence-electron chi connectivity index (χ3n) is 5.58. The van der Waals surface area contributed by atoms with Gasteiger partial charge in [-0.2, -0.15) is 0 Å². The zero-order valence-corrected chi connectivity index (χ0v) is 16.8. The van der Waals surface area contributed by atoms with E-state index >= 15 is 0 Å². The Labute approximate surface area is 167 Å². The molecule has 2 aliphatic rings. The van der Waals surface area contributed by atoms with E-state index in [1.165, 1.54) is 0 Å². The number of hydrogen-bond acceptors (Lipinski definition) is 3. The first-order chi connectivity index (χ1) is 12.6. The Kier molecular flexibility index (Phi) is 7.92.